The third-order valence-corrected chi connectivity index (χ3v) is 4.40. The smallest absolute Gasteiger partial charge is 0.355 e. The quantitative estimate of drug-likeness (QED) is 0.625. The third kappa shape index (κ3) is 4.71. The predicted octanol–water partition coefficient (Wildman–Crippen LogP) is 3.06. The molecule has 3 rings (SSSR count). The van der Waals surface area contributed by atoms with Gasteiger partial charge in [0.15, 0.2) is 11.4 Å². The van der Waals surface area contributed by atoms with Gasteiger partial charge in [-0.25, -0.2) is 9.07 Å². The van der Waals surface area contributed by atoms with E-state index in [0.29, 0.717) is 15.8 Å². The lowest BCUT2D eigenvalue weighted by Crippen LogP contribution is -2.29. The van der Waals surface area contributed by atoms with Crippen LogP contribution in [0.3, 0.4) is 0 Å². The summed E-state index contributed by atoms with van der Waals surface area (Å²) in [6.07, 6.45) is -4.96. The molecule has 2 amide bonds. The molecule has 1 heterocycles. The molecule has 0 radical (unpaired) electrons. The van der Waals surface area contributed by atoms with Crippen LogP contribution in [-0.2, 0) is 12.7 Å². The second-order valence-electron chi connectivity index (χ2n) is 6.61. The van der Waals surface area contributed by atoms with Crippen LogP contribution in [0, 0.1) is 5.82 Å². The molecule has 0 atom stereocenters. The third-order valence-electron chi connectivity index (χ3n) is 4.40. The van der Waals surface area contributed by atoms with Crippen LogP contribution < -0.4 is 5.32 Å². The molecule has 0 aliphatic carbocycles. The van der Waals surface area contributed by atoms with Gasteiger partial charge in [-0.1, -0.05) is 23.4 Å². The maximum absolute atomic E-state index is 13.7. The second kappa shape index (κ2) is 8.54. The molecule has 1 aromatic heterocycles. The molecule has 0 unspecified atom stereocenters. The fraction of sp³-hybridized carbons (Fsp3) is 0.200. The predicted molar refractivity (Wildman–Crippen MR) is 102 cm³/mol. The van der Waals surface area contributed by atoms with E-state index in [1.54, 1.807) is 12.1 Å². The monoisotopic (exact) mass is 435 g/mol. The highest BCUT2D eigenvalue weighted by atomic mass is 19.4. The Labute approximate surface area is 174 Å². The summed E-state index contributed by atoms with van der Waals surface area (Å²) in [7, 11) is 2.80. The van der Waals surface area contributed by atoms with Crippen molar-refractivity contribution in [3.05, 3.63) is 76.9 Å². The first-order valence-corrected chi connectivity index (χ1v) is 8.97. The first-order chi connectivity index (χ1) is 14.6. The number of halogens is 4. The Bertz CT molecular complexity index is 1110. The van der Waals surface area contributed by atoms with Crippen LogP contribution >= 0.6 is 0 Å². The number of nitrogens with zero attached hydrogens (tertiary/aromatic N) is 4. The van der Waals surface area contributed by atoms with Gasteiger partial charge in [0.1, 0.15) is 5.82 Å². The number of nitrogens with one attached hydrogen (secondary N) is 1. The van der Waals surface area contributed by atoms with Crippen molar-refractivity contribution in [3.63, 3.8) is 0 Å². The van der Waals surface area contributed by atoms with Gasteiger partial charge in [-0.2, -0.15) is 13.2 Å². The normalized spacial score (nSPS) is 11.3. The van der Waals surface area contributed by atoms with Gasteiger partial charge in [-0.05, 0) is 35.9 Å². The van der Waals surface area contributed by atoms with Gasteiger partial charge in [-0.15, -0.1) is 5.10 Å². The Hall–Kier alpha value is -3.76. The molecule has 11 heteroatoms. The van der Waals surface area contributed by atoms with Crippen molar-refractivity contribution in [2.75, 3.05) is 14.1 Å². The average Bonchev–Trinajstić information content (AvgIpc) is 3.19. The van der Waals surface area contributed by atoms with E-state index in [1.807, 2.05) is 0 Å². The summed E-state index contributed by atoms with van der Waals surface area (Å²) < 4.78 is 55.1. The van der Waals surface area contributed by atoms with Crippen molar-refractivity contribution in [3.8, 4) is 5.69 Å². The minimum absolute atomic E-state index is 0.0308. The minimum Gasteiger partial charge on any atom is -0.355 e. The Kier molecular flexibility index (Phi) is 6.04. The number of carbonyl (C=O) groups is 2. The van der Waals surface area contributed by atoms with Gasteiger partial charge >= 0.3 is 6.18 Å². The lowest BCUT2D eigenvalue weighted by atomic mass is 10.1. The Morgan fingerprint density at radius 2 is 1.81 bits per heavy atom. The van der Waals surface area contributed by atoms with E-state index >= 15 is 0 Å². The zero-order valence-electron chi connectivity index (χ0n) is 16.4. The maximum Gasteiger partial charge on any atom is 0.435 e. The number of hydrogen-bond donors (Lipinski definition) is 1. The van der Waals surface area contributed by atoms with Gasteiger partial charge in [0.25, 0.3) is 11.8 Å². The number of rotatable bonds is 5. The summed E-state index contributed by atoms with van der Waals surface area (Å²) in [4.78, 5) is 25.4. The van der Waals surface area contributed by atoms with Gasteiger partial charge in [0, 0.05) is 26.2 Å². The molecular formula is C20H17F4N5O2. The van der Waals surface area contributed by atoms with Gasteiger partial charge in [0.2, 0.25) is 0 Å². The van der Waals surface area contributed by atoms with Gasteiger partial charge in [0.05, 0.1) is 5.69 Å². The number of carbonyl (C=O) groups excluding carboxylic acids is 2. The molecular weight excluding hydrogens is 418 g/mol. The molecule has 0 saturated carbocycles. The average molecular weight is 435 g/mol. The van der Waals surface area contributed by atoms with E-state index < -0.39 is 29.3 Å². The molecule has 0 spiro atoms. The highest BCUT2D eigenvalue weighted by Gasteiger charge is 2.42. The van der Waals surface area contributed by atoms with Crippen molar-refractivity contribution >= 4 is 11.8 Å². The Morgan fingerprint density at radius 3 is 2.39 bits per heavy atom. The van der Waals surface area contributed by atoms with Crippen molar-refractivity contribution in [2.24, 2.45) is 0 Å². The van der Waals surface area contributed by atoms with E-state index in [4.69, 9.17) is 0 Å². The lowest BCUT2D eigenvalue weighted by molar-refractivity contribution is -0.143. The van der Waals surface area contributed by atoms with E-state index in [9.17, 15) is 27.2 Å². The van der Waals surface area contributed by atoms with Crippen LogP contribution in [0.1, 0.15) is 32.1 Å². The summed E-state index contributed by atoms with van der Waals surface area (Å²) >= 11 is 0. The van der Waals surface area contributed by atoms with Gasteiger partial charge < -0.3 is 10.2 Å². The number of alkyl halides is 3. The second-order valence-corrected chi connectivity index (χ2v) is 6.61. The number of aromatic nitrogens is 3. The number of hydrogen-bond acceptors (Lipinski definition) is 4. The molecule has 3 aromatic rings. The minimum atomic E-state index is -4.96. The topological polar surface area (TPSA) is 80.1 Å². The van der Waals surface area contributed by atoms with E-state index in [2.05, 4.69) is 15.6 Å². The van der Waals surface area contributed by atoms with Gasteiger partial charge in [-0.3, -0.25) is 9.59 Å². The molecule has 0 saturated heterocycles. The van der Waals surface area contributed by atoms with Crippen LogP contribution in [0.15, 0.2) is 48.5 Å². The van der Waals surface area contributed by atoms with E-state index in [0.717, 1.165) is 17.0 Å². The summed E-state index contributed by atoms with van der Waals surface area (Å²) in [5.41, 5.74) is -1.52. The summed E-state index contributed by atoms with van der Waals surface area (Å²) in [6, 6.07) is 10.6. The first kappa shape index (κ1) is 21.9. The first-order valence-electron chi connectivity index (χ1n) is 8.97. The van der Waals surface area contributed by atoms with Crippen LogP contribution in [0.2, 0.25) is 0 Å². The highest BCUT2D eigenvalue weighted by Crippen LogP contribution is 2.33. The van der Waals surface area contributed by atoms with Crippen molar-refractivity contribution in [1.82, 2.24) is 25.2 Å². The molecule has 0 fully saturated rings. The Morgan fingerprint density at radius 1 is 1.13 bits per heavy atom. The molecule has 7 nitrogen and oxygen atoms in total. The molecule has 0 aliphatic rings. The molecule has 0 aliphatic heterocycles. The summed E-state index contributed by atoms with van der Waals surface area (Å²) in [5, 5.41) is 9.33. The van der Waals surface area contributed by atoms with Crippen LogP contribution in [0.4, 0.5) is 17.6 Å². The van der Waals surface area contributed by atoms with Crippen molar-refractivity contribution in [2.45, 2.75) is 12.7 Å². The molecule has 162 valence electrons. The summed E-state index contributed by atoms with van der Waals surface area (Å²) in [5.74, 6) is -2.06. The molecule has 31 heavy (non-hydrogen) atoms. The van der Waals surface area contributed by atoms with E-state index in [1.165, 1.54) is 38.4 Å². The lowest BCUT2D eigenvalue weighted by Gasteiger charge is -2.18. The maximum atomic E-state index is 13.7. The number of benzene rings is 2. The molecule has 2 aromatic carbocycles. The fourth-order valence-corrected chi connectivity index (χ4v) is 2.90. The van der Waals surface area contributed by atoms with Crippen molar-refractivity contribution < 1.29 is 27.2 Å². The Balaban J connectivity index is 1.89. The van der Waals surface area contributed by atoms with Crippen LogP contribution in [0.5, 0.6) is 0 Å². The van der Waals surface area contributed by atoms with Crippen LogP contribution in [-0.4, -0.2) is 45.8 Å². The zero-order chi connectivity index (χ0) is 22.8. The SMILES string of the molecule is CNC(=O)c1ccc(CN(C)C(=O)c2nnn(-c3cccc(F)c3)c2C(F)(F)F)cc1. The van der Waals surface area contributed by atoms with Crippen LogP contribution in [0.25, 0.3) is 5.69 Å². The highest BCUT2D eigenvalue weighted by molar-refractivity contribution is 5.94. The standard InChI is InChI=1S/C20H17F4N5O2/c1-25-18(30)13-8-6-12(7-9-13)11-28(2)19(31)16-17(20(22,23)24)29(27-26-16)15-5-3-4-14(21)10-15/h3-10H,11H2,1-2H3,(H,25,30). The molecule has 0 bridgehead atoms. The largest absolute Gasteiger partial charge is 0.435 e. The molecule has 1 N–H and O–H groups in total. The zero-order valence-corrected chi connectivity index (χ0v) is 16.4. The van der Waals surface area contributed by atoms with Crippen molar-refractivity contribution in [1.29, 1.82) is 0 Å². The van der Waals surface area contributed by atoms with E-state index in [-0.39, 0.29) is 18.1 Å². The summed E-state index contributed by atoms with van der Waals surface area (Å²) in [6.45, 7) is -0.0308. The number of amides is 2. The fourth-order valence-electron chi connectivity index (χ4n) is 2.90.